The van der Waals surface area contributed by atoms with Gasteiger partial charge in [-0.25, -0.2) is 0 Å². The van der Waals surface area contributed by atoms with Crippen molar-refractivity contribution in [3.05, 3.63) is 48.4 Å². The normalized spacial score (nSPS) is 17.7. The second kappa shape index (κ2) is 7.57. The van der Waals surface area contributed by atoms with Crippen LogP contribution in [0.1, 0.15) is 25.5 Å². The fourth-order valence-electron chi connectivity index (χ4n) is 2.61. The lowest BCUT2D eigenvalue weighted by molar-refractivity contribution is -0.124. The number of anilines is 1. The second-order valence-corrected chi connectivity index (χ2v) is 7.13. The first-order chi connectivity index (χ1) is 11.6. The van der Waals surface area contributed by atoms with Crippen LogP contribution in [0.15, 0.2) is 52.0 Å². The van der Waals surface area contributed by atoms with Gasteiger partial charge in [0.25, 0.3) is 0 Å². The summed E-state index contributed by atoms with van der Waals surface area (Å²) < 4.78 is 5.29. The van der Waals surface area contributed by atoms with Gasteiger partial charge in [0, 0.05) is 23.8 Å². The Hall–Kier alpha value is -2.21. The molecular weight excluding hydrogens is 324 g/mol. The van der Waals surface area contributed by atoms with Crippen LogP contribution in [-0.2, 0) is 16.0 Å². The Morgan fingerprint density at radius 3 is 2.96 bits per heavy atom. The highest BCUT2D eigenvalue weighted by atomic mass is 32.2. The zero-order valence-electron chi connectivity index (χ0n) is 13.5. The van der Waals surface area contributed by atoms with Crippen LogP contribution in [0.5, 0.6) is 0 Å². The number of fused-ring (bicyclic) bond motifs is 1. The number of benzene rings is 1. The molecule has 2 atom stereocenters. The number of para-hydroxylation sites is 1. The molecule has 0 spiro atoms. The lowest BCUT2D eigenvalue weighted by Gasteiger charge is -2.24. The molecule has 3 rings (SSSR count). The van der Waals surface area contributed by atoms with E-state index in [0.29, 0.717) is 0 Å². The van der Waals surface area contributed by atoms with Gasteiger partial charge in [-0.05, 0) is 37.6 Å². The molecule has 2 N–H and O–H groups in total. The van der Waals surface area contributed by atoms with Crippen molar-refractivity contribution in [2.75, 3.05) is 5.32 Å². The fourth-order valence-corrected chi connectivity index (χ4v) is 3.73. The van der Waals surface area contributed by atoms with Crippen LogP contribution in [0.4, 0.5) is 5.69 Å². The predicted octanol–water partition coefficient (Wildman–Crippen LogP) is 3.22. The maximum atomic E-state index is 12.2. The van der Waals surface area contributed by atoms with E-state index in [-0.39, 0.29) is 24.3 Å². The van der Waals surface area contributed by atoms with E-state index >= 15 is 0 Å². The number of nitrogens with one attached hydrogen (secondary N) is 2. The quantitative estimate of drug-likeness (QED) is 0.844. The summed E-state index contributed by atoms with van der Waals surface area (Å²) in [6, 6.07) is 11.4. The molecule has 2 aromatic rings. The van der Waals surface area contributed by atoms with E-state index in [9.17, 15) is 9.59 Å². The smallest absolute Gasteiger partial charge is 0.238 e. The molecule has 1 aliphatic heterocycles. The summed E-state index contributed by atoms with van der Waals surface area (Å²) in [6.07, 6.45) is 3.40. The van der Waals surface area contributed by atoms with Gasteiger partial charge in [-0.15, -0.1) is 11.8 Å². The van der Waals surface area contributed by atoms with Crippen molar-refractivity contribution in [3.63, 3.8) is 0 Å². The van der Waals surface area contributed by atoms with Crippen molar-refractivity contribution < 1.29 is 14.0 Å². The van der Waals surface area contributed by atoms with Gasteiger partial charge in [0.05, 0.1) is 17.2 Å². The zero-order chi connectivity index (χ0) is 16.9. The fraction of sp³-hybridized carbons (Fsp3) is 0.333. The van der Waals surface area contributed by atoms with Crippen LogP contribution in [0.3, 0.4) is 0 Å². The van der Waals surface area contributed by atoms with Crippen molar-refractivity contribution >= 4 is 29.3 Å². The third-order valence-electron chi connectivity index (χ3n) is 3.89. The minimum atomic E-state index is -0.392. The number of hydrogen-bond acceptors (Lipinski definition) is 4. The Bertz CT molecular complexity index is 715. The van der Waals surface area contributed by atoms with E-state index in [1.165, 1.54) is 11.8 Å². The van der Waals surface area contributed by atoms with Gasteiger partial charge in [0.1, 0.15) is 5.76 Å². The van der Waals surface area contributed by atoms with Crippen molar-refractivity contribution in [1.29, 1.82) is 0 Å². The molecule has 1 aliphatic rings. The summed E-state index contributed by atoms with van der Waals surface area (Å²) in [4.78, 5) is 25.3. The summed E-state index contributed by atoms with van der Waals surface area (Å²) in [5.41, 5.74) is 0.816. The summed E-state index contributed by atoms with van der Waals surface area (Å²) in [5, 5.41) is 5.43. The Morgan fingerprint density at radius 2 is 2.17 bits per heavy atom. The highest BCUT2D eigenvalue weighted by Gasteiger charge is 2.29. The third-order valence-corrected chi connectivity index (χ3v) is 5.16. The predicted molar refractivity (Wildman–Crippen MR) is 94.0 cm³/mol. The number of carbonyl (C=O) groups excluding carboxylic acids is 2. The van der Waals surface area contributed by atoms with E-state index in [2.05, 4.69) is 10.6 Å². The zero-order valence-corrected chi connectivity index (χ0v) is 14.3. The summed E-state index contributed by atoms with van der Waals surface area (Å²) in [5.74, 6) is 0.695. The molecule has 24 heavy (non-hydrogen) atoms. The molecule has 2 heterocycles. The van der Waals surface area contributed by atoms with Crippen LogP contribution in [0.25, 0.3) is 0 Å². The van der Waals surface area contributed by atoms with E-state index in [1.54, 1.807) is 6.26 Å². The van der Waals surface area contributed by atoms with Crippen LogP contribution in [-0.4, -0.2) is 23.1 Å². The lowest BCUT2D eigenvalue weighted by Crippen LogP contribution is -2.38. The Morgan fingerprint density at radius 1 is 1.33 bits per heavy atom. The second-order valence-electron chi connectivity index (χ2n) is 5.88. The highest BCUT2D eigenvalue weighted by molar-refractivity contribution is 8.01. The molecule has 0 saturated carbocycles. The first kappa shape index (κ1) is 16.6. The van der Waals surface area contributed by atoms with Crippen LogP contribution >= 0.6 is 11.8 Å². The molecule has 0 aliphatic carbocycles. The number of rotatable bonds is 6. The van der Waals surface area contributed by atoms with Gasteiger partial charge in [0.2, 0.25) is 11.8 Å². The summed E-state index contributed by atoms with van der Waals surface area (Å²) in [7, 11) is 0. The van der Waals surface area contributed by atoms with E-state index in [1.807, 2.05) is 43.3 Å². The summed E-state index contributed by atoms with van der Waals surface area (Å²) in [6.45, 7) is 1.96. The molecule has 126 valence electrons. The average molecular weight is 344 g/mol. The molecule has 0 fully saturated rings. The molecule has 0 bridgehead atoms. The first-order valence-corrected chi connectivity index (χ1v) is 8.88. The van der Waals surface area contributed by atoms with Crippen LogP contribution in [0.2, 0.25) is 0 Å². The van der Waals surface area contributed by atoms with Gasteiger partial charge < -0.3 is 15.1 Å². The minimum absolute atomic E-state index is 0.0338. The lowest BCUT2D eigenvalue weighted by atomic mass is 10.1. The molecule has 0 radical (unpaired) electrons. The molecule has 1 aromatic carbocycles. The van der Waals surface area contributed by atoms with E-state index in [0.717, 1.165) is 29.2 Å². The average Bonchev–Trinajstić information content (AvgIpc) is 3.07. The van der Waals surface area contributed by atoms with Gasteiger partial charge in [-0.1, -0.05) is 12.1 Å². The van der Waals surface area contributed by atoms with Gasteiger partial charge in [0.15, 0.2) is 0 Å². The standard InChI is InChI=1S/C18H20N2O3S/c1-12(8-9-13-5-4-10-23-13)19-17(21)11-16-18(22)20-14-6-2-3-7-15(14)24-16/h2-7,10,12,16H,8-9,11H2,1H3,(H,19,21)(H,20,22). The first-order valence-electron chi connectivity index (χ1n) is 8.00. The van der Waals surface area contributed by atoms with E-state index < -0.39 is 5.25 Å². The van der Waals surface area contributed by atoms with Gasteiger partial charge in [-0.3, -0.25) is 9.59 Å². The van der Waals surface area contributed by atoms with Crippen molar-refractivity contribution in [2.24, 2.45) is 0 Å². The monoisotopic (exact) mass is 344 g/mol. The number of furan rings is 1. The summed E-state index contributed by atoms with van der Waals surface area (Å²) >= 11 is 1.44. The molecule has 2 amide bonds. The topological polar surface area (TPSA) is 71.3 Å². The molecule has 0 saturated heterocycles. The SMILES string of the molecule is CC(CCc1ccco1)NC(=O)CC1Sc2ccccc2NC1=O. The van der Waals surface area contributed by atoms with Crippen LogP contribution < -0.4 is 10.6 Å². The third kappa shape index (κ3) is 4.20. The van der Waals surface area contributed by atoms with Gasteiger partial charge >= 0.3 is 0 Å². The maximum Gasteiger partial charge on any atom is 0.238 e. The number of thioether (sulfide) groups is 1. The number of hydrogen-bond donors (Lipinski definition) is 2. The van der Waals surface area contributed by atoms with Gasteiger partial charge in [-0.2, -0.15) is 0 Å². The van der Waals surface area contributed by atoms with E-state index in [4.69, 9.17) is 4.42 Å². The molecule has 2 unspecified atom stereocenters. The van der Waals surface area contributed by atoms with Crippen molar-refractivity contribution in [2.45, 2.75) is 42.4 Å². The van der Waals surface area contributed by atoms with Crippen molar-refractivity contribution in [3.8, 4) is 0 Å². The largest absolute Gasteiger partial charge is 0.469 e. The minimum Gasteiger partial charge on any atom is -0.469 e. The molecule has 1 aromatic heterocycles. The van der Waals surface area contributed by atoms with Crippen LogP contribution in [0, 0.1) is 0 Å². The molecule has 6 heteroatoms. The maximum absolute atomic E-state index is 12.2. The Kier molecular flexibility index (Phi) is 5.25. The number of amides is 2. The molecular formula is C18H20N2O3S. The number of carbonyl (C=O) groups is 2. The molecule has 5 nitrogen and oxygen atoms in total. The highest BCUT2D eigenvalue weighted by Crippen LogP contribution is 2.36. The Labute approximate surface area is 145 Å². The number of aryl methyl sites for hydroxylation is 1. The Balaban J connectivity index is 1.48. The van der Waals surface area contributed by atoms with Crippen molar-refractivity contribution in [1.82, 2.24) is 5.32 Å².